The Morgan fingerprint density at radius 2 is 2.20 bits per heavy atom. The highest BCUT2D eigenvalue weighted by Gasteiger charge is 2.27. The fraction of sp³-hybridized carbons (Fsp3) is 1.00. The highest BCUT2D eigenvalue weighted by molar-refractivity contribution is 4.85. The molecule has 3 unspecified atom stereocenters. The molecule has 0 bridgehead atoms. The van der Waals surface area contributed by atoms with Crippen molar-refractivity contribution in [2.24, 2.45) is 5.92 Å². The molecular weight excluding hydrogens is 184 g/mol. The van der Waals surface area contributed by atoms with E-state index >= 15 is 0 Å². The van der Waals surface area contributed by atoms with Crippen LogP contribution in [-0.4, -0.2) is 36.6 Å². The largest absolute Gasteiger partial charge is 0.314 e. The number of rotatable bonds is 2. The summed E-state index contributed by atoms with van der Waals surface area (Å²) in [5.41, 5.74) is 0. The van der Waals surface area contributed by atoms with Gasteiger partial charge in [-0.25, -0.2) is 0 Å². The standard InChI is InChI=1S/C13H26N2/c1-3-12-5-4-8-15(10-12)13-6-7-14-11(2)9-13/h11-14H,3-10H2,1-2H3. The molecule has 2 heteroatoms. The van der Waals surface area contributed by atoms with Crippen LogP contribution < -0.4 is 5.32 Å². The third-order valence-electron chi connectivity index (χ3n) is 4.24. The molecule has 0 saturated carbocycles. The van der Waals surface area contributed by atoms with E-state index < -0.39 is 0 Å². The maximum atomic E-state index is 3.55. The van der Waals surface area contributed by atoms with Crippen molar-refractivity contribution in [1.29, 1.82) is 0 Å². The zero-order valence-electron chi connectivity index (χ0n) is 10.3. The summed E-state index contributed by atoms with van der Waals surface area (Å²) in [7, 11) is 0. The van der Waals surface area contributed by atoms with Gasteiger partial charge >= 0.3 is 0 Å². The minimum atomic E-state index is 0.728. The Bertz CT molecular complexity index is 193. The molecule has 0 aliphatic carbocycles. The van der Waals surface area contributed by atoms with Crippen LogP contribution in [0.2, 0.25) is 0 Å². The van der Waals surface area contributed by atoms with E-state index in [9.17, 15) is 0 Å². The van der Waals surface area contributed by atoms with Gasteiger partial charge in [0.2, 0.25) is 0 Å². The van der Waals surface area contributed by atoms with E-state index in [0.717, 1.165) is 18.0 Å². The smallest absolute Gasteiger partial charge is 0.0122 e. The van der Waals surface area contributed by atoms with E-state index in [1.54, 1.807) is 0 Å². The van der Waals surface area contributed by atoms with Crippen molar-refractivity contribution in [1.82, 2.24) is 10.2 Å². The molecule has 0 aromatic carbocycles. The van der Waals surface area contributed by atoms with Gasteiger partial charge in [-0.3, -0.25) is 0 Å². The average molecular weight is 210 g/mol. The Balaban J connectivity index is 1.86. The molecule has 0 aromatic rings. The minimum absolute atomic E-state index is 0.728. The van der Waals surface area contributed by atoms with Crippen molar-refractivity contribution in [3.05, 3.63) is 0 Å². The fourth-order valence-corrected chi connectivity index (χ4v) is 3.20. The predicted molar refractivity (Wildman–Crippen MR) is 65.1 cm³/mol. The summed E-state index contributed by atoms with van der Waals surface area (Å²) in [4.78, 5) is 2.77. The molecule has 15 heavy (non-hydrogen) atoms. The summed E-state index contributed by atoms with van der Waals surface area (Å²) in [6.07, 6.45) is 6.98. The molecule has 2 saturated heterocycles. The molecule has 2 aliphatic heterocycles. The van der Waals surface area contributed by atoms with Gasteiger partial charge in [-0.2, -0.15) is 0 Å². The Morgan fingerprint density at radius 3 is 2.93 bits per heavy atom. The van der Waals surface area contributed by atoms with Crippen molar-refractivity contribution in [2.45, 2.75) is 58.0 Å². The van der Waals surface area contributed by atoms with Crippen LogP contribution in [0.5, 0.6) is 0 Å². The summed E-state index contributed by atoms with van der Waals surface area (Å²) >= 11 is 0. The second kappa shape index (κ2) is 5.31. The van der Waals surface area contributed by atoms with E-state index in [4.69, 9.17) is 0 Å². The molecule has 2 fully saturated rings. The second-order valence-electron chi connectivity index (χ2n) is 5.44. The van der Waals surface area contributed by atoms with Gasteiger partial charge in [-0.1, -0.05) is 13.3 Å². The molecule has 0 amide bonds. The molecule has 2 nitrogen and oxygen atoms in total. The fourth-order valence-electron chi connectivity index (χ4n) is 3.20. The predicted octanol–water partition coefficient (Wildman–Crippen LogP) is 2.25. The highest BCUT2D eigenvalue weighted by Crippen LogP contribution is 2.24. The van der Waals surface area contributed by atoms with Crippen molar-refractivity contribution in [2.75, 3.05) is 19.6 Å². The molecule has 1 N–H and O–H groups in total. The van der Waals surface area contributed by atoms with Gasteiger partial charge in [0, 0.05) is 18.6 Å². The maximum absolute atomic E-state index is 3.55. The molecule has 0 aromatic heterocycles. The van der Waals surface area contributed by atoms with Gasteiger partial charge in [0.15, 0.2) is 0 Å². The molecule has 2 rings (SSSR count). The van der Waals surface area contributed by atoms with E-state index in [2.05, 4.69) is 24.1 Å². The summed E-state index contributed by atoms with van der Waals surface area (Å²) in [5.74, 6) is 0.976. The highest BCUT2D eigenvalue weighted by atomic mass is 15.2. The normalized spacial score (nSPS) is 39.2. The Hall–Kier alpha value is -0.0800. The maximum Gasteiger partial charge on any atom is 0.0122 e. The van der Waals surface area contributed by atoms with Gasteiger partial charge < -0.3 is 10.2 Å². The Labute approximate surface area is 94.4 Å². The number of nitrogens with one attached hydrogen (secondary N) is 1. The Morgan fingerprint density at radius 1 is 1.33 bits per heavy atom. The summed E-state index contributed by atoms with van der Waals surface area (Å²) < 4.78 is 0. The van der Waals surface area contributed by atoms with Crippen LogP contribution in [0.4, 0.5) is 0 Å². The van der Waals surface area contributed by atoms with Gasteiger partial charge in [0.25, 0.3) is 0 Å². The summed E-state index contributed by atoms with van der Waals surface area (Å²) in [5, 5.41) is 3.55. The van der Waals surface area contributed by atoms with Crippen LogP contribution in [0.1, 0.15) is 46.0 Å². The topological polar surface area (TPSA) is 15.3 Å². The molecule has 88 valence electrons. The van der Waals surface area contributed by atoms with E-state index in [-0.39, 0.29) is 0 Å². The molecule has 0 spiro atoms. The van der Waals surface area contributed by atoms with E-state index in [0.29, 0.717) is 0 Å². The zero-order valence-corrected chi connectivity index (χ0v) is 10.3. The second-order valence-corrected chi connectivity index (χ2v) is 5.44. The third kappa shape index (κ3) is 2.94. The number of hydrogen-bond acceptors (Lipinski definition) is 2. The first-order valence-electron chi connectivity index (χ1n) is 6.77. The van der Waals surface area contributed by atoms with Crippen molar-refractivity contribution >= 4 is 0 Å². The first-order chi connectivity index (χ1) is 7.29. The lowest BCUT2D eigenvalue weighted by molar-refractivity contribution is 0.0921. The third-order valence-corrected chi connectivity index (χ3v) is 4.24. The summed E-state index contributed by atoms with van der Waals surface area (Å²) in [6, 6.07) is 1.60. The monoisotopic (exact) mass is 210 g/mol. The van der Waals surface area contributed by atoms with Crippen LogP contribution in [0.3, 0.4) is 0 Å². The lowest BCUT2D eigenvalue weighted by atomic mass is 9.91. The summed E-state index contributed by atoms with van der Waals surface area (Å²) in [6.45, 7) is 8.62. The SMILES string of the molecule is CCC1CCCN(C2CCNC(C)C2)C1. The molecule has 0 radical (unpaired) electrons. The number of likely N-dealkylation sites (tertiary alicyclic amines) is 1. The van der Waals surface area contributed by atoms with Gasteiger partial charge in [0.1, 0.15) is 0 Å². The average Bonchev–Trinajstić information content (AvgIpc) is 2.29. The van der Waals surface area contributed by atoms with Crippen LogP contribution >= 0.6 is 0 Å². The quantitative estimate of drug-likeness (QED) is 0.752. The molecule has 2 heterocycles. The first kappa shape index (κ1) is 11.4. The lowest BCUT2D eigenvalue weighted by Gasteiger charge is -2.41. The van der Waals surface area contributed by atoms with Crippen LogP contribution in [0, 0.1) is 5.92 Å². The van der Waals surface area contributed by atoms with Gasteiger partial charge in [-0.05, 0) is 51.6 Å². The molecule has 2 aliphatic rings. The van der Waals surface area contributed by atoms with Crippen LogP contribution in [0.25, 0.3) is 0 Å². The zero-order chi connectivity index (χ0) is 10.7. The van der Waals surface area contributed by atoms with E-state index in [1.165, 1.54) is 51.7 Å². The number of hydrogen-bond donors (Lipinski definition) is 1. The van der Waals surface area contributed by atoms with Crippen molar-refractivity contribution in [3.63, 3.8) is 0 Å². The van der Waals surface area contributed by atoms with Crippen LogP contribution in [0.15, 0.2) is 0 Å². The van der Waals surface area contributed by atoms with E-state index in [1.807, 2.05) is 0 Å². The van der Waals surface area contributed by atoms with Crippen LogP contribution in [-0.2, 0) is 0 Å². The molecule has 3 atom stereocenters. The van der Waals surface area contributed by atoms with Gasteiger partial charge in [-0.15, -0.1) is 0 Å². The number of piperidine rings is 2. The molecular formula is C13H26N2. The minimum Gasteiger partial charge on any atom is -0.314 e. The van der Waals surface area contributed by atoms with Crippen molar-refractivity contribution < 1.29 is 0 Å². The van der Waals surface area contributed by atoms with Crippen molar-refractivity contribution in [3.8, 4) is 0 Å². The first-order valence-corrected chi connectivity index (χ1v) is 6.77. The van der Waals surface area contributed by atoms with Gasteiger partial charge in [0.05, 0.1) is 0 Å². The Kier molecular flexibility index (Phi) is 4.04. The lowest BCUT2D eigenvalue weighted by Crippen LogP contribution is -2.49. The number of nitrogens with zero attached hydrogens (tertiary/aromatic N) is 1.